The Labute approximate surface area is 205 Å². The molecule has 0 bridgehead atoms. The average Bonchev–Trinajstić information content (AvgIpc) is 3.24. The van der Waals surface area contributed by atoms with Crippen LogP contribution in [-0.2, 0) is 19.9 Å². The van der Waals surface area contributed by atoms with Crippen molar-refractivity contribution in [1.82, 2.24) is 19.5 Å². The number of imidazole rings is 1. The van der Waals surface area contributed by atoms with E-state index in [1.165, 1.54) is 26.5 Å². The van der Waals surface area contributed by atoms with Crippen LogP contribution in [0.5, 0.6) is 0 Å². The predicted molar refractivity (Wildman–Crippen MR) is 128 cm³/mol. The van der Waals surface area contributed by atoms with Gasteiger partial charge < -0.3 is 35.3 Å². The van der Waals surface area contributed by atoms with Gasteiger partial charge in [-0.05, 0) is 68.7 Å². The molecule has 0 amide bonds. The molecule has 2 aliphatic heterocycles. The van der Waals surface area contributed by atoms with Crippen LogP contribution in [0.15, 0.2) is 12.7 Å². The molecule has 2 aliphatic rings. The Morgan fingerprint density at radius 2 is 1.49 bits per heavy atom. The highest BCUT2D eigenvalue weighted by molar-refractivity contribution is 5.81. The van der Waals surface area contributed by atoms with E-state index in [2.05, 4.69) is 15.0 Å². The molecule has 2 aromatic rings. The minimum Gasteiger partial charge on any atom is -0.384 e. The van der Waals surface area contributed by atoms with Crippen LogP contribution < -0.4 is 5.73 Å². The minimum absolute atomic E-state index is 0.202. The van der Waals surface area contributed by atoms with Crippen molar-refractivity contribution in [3.05, 3.63) is 12.7 Å². The smallest absolute Gasteiger partial charge is 0.198 e. The molecule has 2 fully saturated rings. The van der Waals surface area contributed by atoms with Crippen LogP contribution in [0, 0.1) is 0 Å². The number of nitrogens with zero attached hydrogens (tertiary/aromatic N) is 4. The maximum Gasteiger partial charge on any atom is 0.198 e. The lowest BCUT2D eigenvalue weighted by Crippen LogP contribution is -2.70. The summed E-state index contributed by atoms with van der Waals surface area (Å²) in [5.74, 6) is -1.55. The SMILES string of the molecule is CCC1(C)OC(C)(OC2(C)C(C)(n3cnc4c(N)ncnc43)OC(C)(C)C2(C)O)C(C)(O)C1(C)O. The molecule has 196 valence electrons. The monoisotopic (exact) mass is 493 g/mol. The number of hydrogen-bond acceptors (Lipinski definition) is 10. The Morgan fingerprint density at radius 1 is 0.886 bits per heavy atom. The second-order valence-electron chi connectivity index (χ2n) is 11.6. The van der Waals surface area contributed by atoms with Crippen molar-refractivity contribution in [2.45, 2.75) is 121 Å². The number of nitrogen functional groups attached to an aromatic ring is 1. The van der Waals surface area contributed by atoms with E-state index in [9.17, 15) is 15.3 Å². The van der Waals surface area contributed by atoms with E-state index < -0.39 is 45.1 Å². The normalized spacial score (nSPS) is 47.6. The van der Waals surface area contributed by atoms with E-state index >= 15 is 0 Å². The number of rotatable bonds is 4. The fourth-order valence-electron chi connectivity index (χ4n) is 5.87. The summed E-state index contributed by atoms with van der Waals surface area (Å²) in [6, 6.07) is 0. The molecule has 0 spiro atoms. The molecule has 11 nitrogen and oxygen atoms in total. The number of nitrogens with two attached hydrogens (primary N) is 1. The molecule has 0 aromatic carbocycles. The van der Waals surface area contributed by atoms with Crippen molar-refractivity contribution in [2.75, 3.05) is 5.73 Å². The van der Waals surface area contributed by atoms with Gasteiger partial charge in [0.2, 0.25) is 0 Å². The van der Waals surface area contributed by atoms with E-state index in [1.807, 2.05) is 6.92 Å². The Balaban J connectivity index is 1.95. The second kappa shape index (κ2) is 6.90. The first kappa shape index (κ1) is 26.2. The van der Waals surface area contributed by atoms with Gasteiger partial charge in [0.15, 0.2) is 23.0 Å². The van der Waals surface area contributed by atoms with Gasteiger partial charge in [-0.25, -0.2) is 15.0 Å². The summed E-state index contributed by atoms with van der Waals surface area (Å²) in [5, 5.41) is 35.2. The standard InChI is InChI=1S/C24H39N5O6/c1-11-18(4)20(6,31)21(7,32)24(10,34-18)35-22(8)19(5,30)17(2,3)33-23(22,9)29-13-28-14-15(25)26-12-27-16(14)29/h12-13,30-32H,11H2,1-10H3,(H2,25,26,27). The first-order chi connectivity index (χ1) is 15.7. The fraction of sp³-hybridized carbons (Fsp3) is 0.792. The lowest BCUT2D eigenvalue weighted by atomic mass is 9.71. The lowest BCUT2D eigenvalue weighted by molar-refractivity contribution is -0.368. The summed E-state index contributed by atoms with van der Waals surface area (Å²) >= 11 is 0. The molecule has 7 unspecified atom stereocenters. The molecule has 5 N–H and O–H groups in total. The van der Waals surface area contributed by atoms with E-state index in [0.717, 1.165) is 0 Å². The van der Waals surface area contributed by atoms with Crippen molar-refractivity contribution in [3.8, 4) is 0 Å². The van der Waals surface area contributed by atoms with Gasteiger partial charge in [-0.2, -0.15) is 0 Å². The maximum absolute atomic E-state index is 12.0. The molecule has 11 heteroatoms. The van der Waals surface area contributed by atoms with Crippen LogP contribution in [0.3, 0.4) is 0 Å². The van der Waals surface area contributed by atoms with Crippen molar-refractivity contribution >= 4 is 17.0 Å². The van der Waals surface area contributed by atoms with Gasteiger partial charge in [-0.1, -0.05) is 6.92 Å². The number of anilines is 1. The van der Waals surface area contributed by atoms with Crippen LogP contribution in [0.1, 0.15) is 75.7 Å². The quantitative estimate of drug-likeness (QED) is 0.495. The maximum atomic E-state index is 12.0. The van der Waals surface area contributed by atoms with Crippen molar-refractivity contribution in [1.29, 1.82) is 0 Å². The van der Waals surface area contributed by atoms with Gasteiger partial charge in [0.05, 0.1) is 11.9 Å². The minimum atomic E-state index is -1.87. The zero-order valence-electron chi connectivity index (χ0n) is 22.3. The highest BCUT2D eigenvalue weighted by Crippen LogP contribution is 2.62. The third-order valence-electron chi connectivity index (χ3n) is 9.62. The molecule has 0 saturated carbocycles. The molecule has 0 aliphatic carbocycles. The molecule has 7 atom stereocenters. The lowest BCUT2D eigenvalue weighted by Gasteiger charge is -2.51. The van der Waals surface area contributed by atoms with Crippen LogP contribution in [0.25, 0.3) is 11.2 Å². The van der Waals surface area contributed by atoms with E-state index in [-0.39, 0.29) is 5.82 Å². The van der Waals surface area contributed by atoms with Crippen LogP contribution in [0.2, 0.25) is 0 Å². The van der Waals surface area contributed by atoms with Gasteiger partial charge in [0.1, 0.15) is 39.8 Å². The Kier molecular flexibility index (Phi) is 5.16. The van der Waals surface area contributed by atoms with Gasteiger partial charge >= 0.3 is 0 Å². The number of aliphatic hydroxyl groups is 3. The van der Waals surface area contributed by atoms with E-state index in [4.69, 9.17) is 19.9 Å². The van der Waals surface area contributed by atoms with Crippen molar-refractivity contribution in [3.63, 3.8) is 0 Å². The summed E-state index contributed by atoms with van der Waals surface area (Å²) in [4.78, 5) is 12.7. The summed E-state index contributed by atoms with van der Waals surface area (Å²) in [7, 11) is 0. The van der Waals surface area contributed by atoms with Crippen LogP contribution >= 0.6 is 0 Å². The molecule has 4 heterocycles. The van der Waals surface area contributed by atoms with Crippen LogP contribution in [-0.4, -0.2) is 74.2 Å². The first-order valence-corrected chi connectivity index (χ1v) is 11.9. The summed E-state index contributed by atoms with van der Waals surface area (Å²) in [5.41, 5.74) is -3.68. The Morgan fingerprint density at radius 3 is 2.03 bits per heavy atom. The molecule has 2 aromatic heterocycles. The highest BCUT2D eigenvalue weighted by atomic mass is 16.8. The van der Waals surface area contributed by atoms with Crippen molar-refractivity contribution < 1.29 is 29.5 Å². The second-order valence-corrected chi connectivity index (χ2v) is 11.6. The van der Waals surface area contributed by atoms with E-state index in [1.54, 1.807) is 53.0 Å². The number of fused-ring (bicyclic) bond motifs is 1. The largest absolute Gasteiger partial charge is 0.384 e. The average molecular weight is 494 g/mol. The molecule has 0 radical (unpaired) electrons. The van der Waals surface area contributed by atoms with Gasteiger partial charge in [-0.15, -0.1) is 0 Å². The molecule has 35 heavy (non-hydrogen) atoms. The topological polar surface area (TPSA) is 158 Å². The summed E-state index contributed by atoms with van der Waals surface area (Å²) < 4.78 is 21.3. The zero-order valence-corrected chi connectivity index (χ0v) is 22.3. The first-order valence-electron chi connectivity index (χ1n) is 11.9. The van der Waals surface area contributed by atoms with Crippen molar-refractivity contribution in [2.24, 2.45) is 0 Å². The van der Waals surface area contributed by atoms with Gasteiger partial charge in [0, 0.05) is 0 Å². The number of hydrogen-bond donors (Lipinski definition) is 4. The fourth-order valence-corrected chi connectivity index (χ4v) is 5.87. The molecular weight excluding hydrogens is 454 g/mol. The Hall–Kier alpha value is -1.89. The molecular formula is C24H39N5O6. The Bertz CT molecular complexity index is 1180. The molecule has 2 saturated heterocycles. The van der Waals surface area contributed by atoms with Gasteiger partial charge in [0.25, 0.3) is 0 Å². The predicted octanol–water partition coefficient (Wildman–Crippen LogP) is 1.83. The molecule has 4 rings (SSSR count). The number of ether oxygens (including phenoxy) is 3. The zero-order chi connectivity index (χ0) is 26.7. The third kappa shape index (κ3) is 2.79. The van der Waals surface area contributed by atoms with Crippen LogP contribution in [0.4, 0.5) is 5.82 Å². The highest BCUT2D eigenvalue weighted by Gasteiger charge is 2.79. The summed E-state index contributed by atoms with van der Waals surface area (Å²) in [6.07, 6.45) is 3.24. The summed E-state index contributed by atoms with van der Waals surface area (Å²) in [6.45, 7) is 16.7. The third-order valence-corrected chi connectivity index (χ3v) is 9.62. The van der Waals surface area contributed by atoms with Gasteiger partial charge in [-0.3, -0.25) is 4.57 Å². The van der Waals surface area contributed by atoms with E-state index in [0.29, 0.717) is 17.6 Å². The number of aromatic nitrogens is 4.